The van der Waals surface area contributed by atoms with Crippen molar-refractivity contribution < 1.29 is 22.7 Å². The van der Waals surface area contributed by atoms with Gasteiger partial charge in [-0.2, -0.15) is 0 Å². The van der Waals surface area contributed by atoms with Gasteiger partial charge in [-0.1, -0.05) is 0 Å². The number of sulfonamides is 1. The molecule has 1 fully saturated rings. The summed E-state index contributed by atoms with van der Waals surface area (Å²) in [6.45, 7) is 4.94. The number of hydrogen-bond donors (Lipinski definition) is 1. The van der Waals surface area contributed by atoms with Gasteiger partial charge >= 0.3 is 0 Å². The zero-order chi connectivity index (χ0) is 21.9. The molecule has 0 spiro atoms. The third kappa shape index (κ3) is 5.00. The van der Waals surface area contributed by atoms with E-state index in [0.717, 1.165) is 34.9 Å². The number of aryl methyl sites for hydroxylation is 1. The smallest absolute Gasteiger partial charge is 0.255 e. The highest BCUT2D eigenvalue weighted by atomic mass is 32.2. The van der Waals surface area contributed by atoms with Gasteiger partial charge in [0.1, 0.15) is 12.4 Å². The predicted molar refractivity (Wildman–Crippen MR) is 116 cm³/mol. The van der Waals surface area contributed by atoms with E-state index in [2.05, 4.69) is 5.32 Å². The van der Waals surface area contributed by atoms with E-state index < -0.39 is 10.0 Å². The zero-order valence-electron chi connectivity index (χ0n) is 17.8. The van der Waals surface area contributed by atoms with Gasteiger partial charge in [0.15, 0.2) is 0 Å². The minimum Gasteiger partial charge on any atom is -0.491 e. The van der Waals surface area contributed by atoms with Crippen LogP contribution in [0.2, 0.25) is 0 Å². The molecule has 7 nitrogen and oxygen atoms in total. The van der Waals surface area contributed by atoms with Crippen molar-refractivity contribution in [3.05, 3.63) is 53.1 Å². The monoisotopic (exact) mass is 432 g/mol. The highest BCUT2D eigenvalue weighted by Crippen LogP contribution is 2.26. The average Bonchev–Trinajstić information content (AvgIpc) is 3.23. The lowest BCUT2D eigenvalue weighted by molar-refractivity contribution is 0.0679. The third-order valence-electron chi connectivity index (χ3n) is 5.24. The summed E-state index contributed by atoms with van der Waals surface area (Å²) in [4.78, 5) is 12.9. The van der Waals surface area contributed by atoms with Gasteiger partial charge in [-0.3, -0.25) is 4.79 Å². The molecule has 8 heteroatoms. The Morgan fingerprint density at radius 3 is 2.50 bits per heavy atom. The van der Waals surface area contributed by atoms with E-state index in [-0.39, 0.29) is 16.9 Å². The molecule has 0 aliphatic carbocycles. The number of amides is 1. The highest BCUT2D eigenvalue weighted by Gasteiger charge is 2.20. The molecule has 1 heterocycles. The lowest BCUT2D eigenvalue weighted by atomic mass is 10.1. The van der Waals surface area contributed by atoms with Crippen LogP contribution in [0.5, 0.6) is 5.75 Å². The van der Waals surface area contributed by atoms with Crippen molar-refractivity contribution in [1.82, 2.24) is 4.31 Å². The summed E-state index contributed by atoms with van der Waals surface area (Å²) in [5, 5.41) is 2.83. The molecule has 2 aromatic rings. The molecule has 0 radical (unpaired) electrons. The summed E-state index contributed by atoms with van der Waals surface area (Å²) in [5.74, 6) is 0.357. The first-order valence-electron chi connectivity index (χ1n) is 9.88. The SMILES string of the molecule is Cc1cc(S(=O)(=O)N(C)C)cc(NC(=O)c2ccc(OCC3CCCO3)cc2)c1C. The van der Waals surface area contributed by atoms with Gasteiger partial charge in [0.05, 0.1) is 11.0 Å². The number of benzene rings is 2. The van der Waals surface area contributed by atoms with Gasteiger partial charge in [0.25, 0.3) is 5.91 Å². The van der Waals surface area contributed by atoms with E-state index in [1.807, 2.05) is 13.8 Å². The fourth-order valence-electron chi connectivity index (χ4n) is 3.18. The zero-order valence-corrected chi connectivity index (χ0v) is 18.6. The fraction of sp³-hybridized carbons (Fsp3) is 0.409. The minimum atomic E-state index is -3.60. The molecular formula is C22H28N2O5S. The van der Waals surface area contributed by atoms with Gasteiger partial charge in [0, 0.05) is 32.0 Å². The molecule has 1 amide bonds. The first-order chi connectivity index (χ1) is 14.2. The van der Waals surface area contributed by atoms with Crippen LogP contribution in [0.15, 0.2) is 41.3 Å². The molecule has 2 aromatic carbocycles. The molecule has 0 aromatic heterocycles. The Hall–Kier alpha value is -2.42. The molecule has 1 aliphatic heterocycles. The Morgan fingerprint density at radius 1 is 1.20 bits per heavy atom. The first kappa shape index (κ1) is 22.3. The molecule has 3 rings (SSSR count). The molecular weight excluding hydrogens is 404 g/mol. The Bertz CT molecular complexity index is 1010. The number of carbonyl (C=O) groups excluding carboxylic acids is 1. The summed E-state index contributed by atoms with van der Waals surface area (Å²) in [7, 11) is -0.648. The average molecular weight is 433 g/mol. The van der Waals surface area contributed by atoms with E-state index in [1.165, 1.54) is 20.2 Å². The summed E-state index contributed by atoms with van der Waals surface area (Å²) in [6.07, 6.45) is 2.19. The van der Waals surface area contributed by atoms with Crippen LogP contribution in [-0.4, -0.2) is 52.0 Å². The second-order valence-corrected chi connectivity index (χ2v) is 9.78. The van der Waals surface area contributed by atoms with Crippen LogP contribution in [0.25, 0.3) is 0 Å². The van der Waals surface area contributed by atoms with Crippen molar-refractivity contribution in [3.8, 4) is 5.75 Å². The summed E-state index contributed by atoms with van der Waals surface area (Å²) >= 11 is 0. The van der Waals surface area contributed by atoms with Crippen LogP contribution < -0.4 is 10.1 Å². The number of carbonyl (C=O) groups is 1. The van der Waals surface area contributed by atoms with Crippen molar-refractivity contribution in [1.29, 1.82) is 0 Å². The number of ether oxygens (including phenoxy) is 2. The number of nitrogens with zero attached hydrogens (tertiary/aromatic N) is 1. The first-order valence-corrected chi connectivity index (χ1v) is 11.3. The molecule has 0 bridgehead atoms. The number of anilines is 1. The third-order valence-corrected chi connectivity index (χ3v) is 7.04. The molecule has 1 N–H and O–H groups in total. The molecule has 30 heavy (non-hydrogen) atoms. The van der Waals surface area contributed by atoms with Crippen LogP contribution in [0.1, 0.15) is 34.3 Å². The molecule has 1 saturated heterocycles. The van der Waals surface area contributed by atoms with Crippen LogP contribution in [-0.2, 0) is 14.8 Å². The van der Waals surface area contributed by atoms with Crippen molar-refractivity contribution in [3.63, 3.8) is 0 Å². The largest absolute Gasteiger partial charge is 0.491 e. The highest BCUT2D eigenvalue weighted by molar-refractivity contribution is 7.89. The topological polar surface area (TPSA) is 84.9 Å². The maximum atomic E-state index is 12.7. The Labute approximate surface area is 178 Å². The van der Waals surface area contributed by atoms with Gasteiger partial charge in [-0.25, -0.2) is 12.7 Å². The number of rotatable bonds is 7. The lowest BCUT2D eigenvalue weighted by Crippen LogP contribution is -2.23. The molecule has 1 atom stereocenters. The van der Waals surface area contributed by atoms with Gasteiger partial charge in [0.2, 0.25) is 10.0 Å². The minimum absolute atomic E-state index is 0.130. The maximum Gasteiger partial charge on any atom is 0.255 e. The van der Waals surface area contributed by atoms with Gasteiger partial charge in [-0.05, 0) is 74.2 Å². The molecule has 162 valence electrons. The van der Waals surface area contributed by atoms with Crippen molar-refractivity contribution >= 4 is 21.6 Å². The van der Waals surface area contributed by atoms with Gasteiger partial charge in [-0.15, -0.1) is 0 Å². The lowest BCUT2D eigenvalue weighted by Gasteiger charge is -2.16. The van der Waals surface area contributed by atoms with Crippen LogP contribution in [0.4, 0.5) is 5.69 Å². The van der Waals surface area contributed by atoms with Crippen LogP contribution in [0.3, 0.4) is 0 Å². The van der Waals surface area contributed by atoms with E-state index >= 15 is 0 Å². The fourth-order valence-corrected chi connectivity index (χ4v) is 4.19. The number of nitrogens with one attached hydrogen (secondary N) is 1. The summed E-state index contributed by atoms with van der Waals surface area (Å²) < 4.78 is 37.4. The summed E-state index contributed by atoms with van der Waals surface area (Å²) in [6, 6.07) is 9.96. The van der Waals surface area contributed by atoms with Crippen LogP contribution in [0, 0.1) is 13.8 Å². The molecule has 0 saturated carbocycles. The van der Waals surface area contributed by atoms with E-state index in [0.29, 0.717) is 23.6 Å². The Balaban J connectivity index is 1.73. The van der Waals surface area contributed by atoms with Crippen molar-refractivity contribution in [2.45, 2.75) is 37.7 Å². The predicted octanol–water partition coefficient (Wildman–Crippen LogP) is 3.36. The summed E-state index contributed by atoms with van der Waals surface area (Å²) in [5.41, 5.74) is 2.53. The second-order valence-electron chi connectivity index (χ2n) is 7.62. The number of hydrogen-bond acceptors (Lipinski definition) is 5. The molecule has 1 unspecified atom stereocenters. The van der Waals surface area contributed by atoms with E-state index in [9.17, 15) is 13.2 Å². The van der Waals surface area contributed by atoms with E-state index in [1.54, 1.807) is 30.3 Å². The Kier molecular flexibility index (Phi) is 6.80. The maximum absolute atomic E-state index is 12.7. The van der Waals surface area contributed by atoms with Crippen molar-refractivity contribution in [2.24, 2.45) is 0 Å². The molecule has 1 aliphatic rings. The second kappa shape index (κ2) is 9.16. The van der Waals surface area contributed by atoms with Crippen LogP contribution >= 0.6 is 0 Å². The standard InChI is InChI=1S/C22H28N2O5S/c1-15-12-20(30(26,27)24(3)4)13-21(16(15)2)23-22(25)17-7-9-18(10-8-17)29-14-19-6-5-11-28-19/h7-10,12-13,19H,5-6,11,14H2,1-4H3,(H,23,25). The van der Waals surface area contributed by atoms with Crippen molar-refractivity contribution in [2.75, 3.05) is 32.6 Å². The van der Waals surface area contributed by atoms with E-state index in [4.69, 9.17) is 9.47 Å². The quantitative estimate of drug-likeness (QED) is 0.725. The Morgan fingerprint density at radius 2 is 1.90 bits per heavy atom. The normalized spacial score (nSPS) is 16.6. The van der Waals surface area contributed by atoms with Gasteiger partial charge < -0.3 is 14.8 Å².